The van der Waals surface area contributed by atoms with E-state index in [1.165, 1.54) is 0 Å². The van der Waals surface area contributed by atoms with Gasteiger partial charge in [0.05, 0.1) is 0 Å². The average molecular weight is 228 g/mol. The van der Waals surface area contributed by atoms with E-state index in [0.717, 1.165) is 22.6 Å². The third-order valence-electron chi connectivity index (χ3n) is 2.54. The van der Waals surface area contributed by atoms with Gasteiger partial charge >= 0.3 is 0 Å². The van der Waals surface area contributed by atoms with Gasteiger partial charge in [-0.2, -0.15) is 0 Å². The van der Waals surface area contributed by atoms with E-state index in [4.69, 9.17) is 10.5 Å². The first kappa shape index (κ1) is 11.6. The predicted octanol–water partition coefficient (Wildman–Crippen LogP) is 2.43. The Labute approximate surface area is 101 Å². The molecule has 2 rings (SSSR count). The maximum atomic E-state index is 5.77. The summed E-state index contributed by atoms with van der Waals surface area (Å²) in [5, 5.41) is 0. The van der Waals surface area contributed by atoms with Gasteiger partial charge in [0.15, 0.2) is 0 Å². The van der Waals surface area contributed by atoms with Gasteiger partial charge in [-0.05, 0) is 12.5 Å². The van der Waals surface area contributed by atoms with Crippen LogP contribution >= 0.6 is 0 Å². The quantitative estimate of drug-likeness (QED) is 0.874. The fraction of sp³-hybridized carbons (Fsp3) is 0.214. The van der Waals surface area contributed by atoms with Gasteiger partial charge < -0.3 is 10.5 Å². The van der Waals surface area contributed by atoms with E-state index in [2.05, 4.69) is 4.98 Å². The molecule has 3 nitrogen and oxygen atoms in total. The van der Waals surface area contributed by atoms with E-state index in [1.807, 2.05) is 43.3 Å². The highest BCUT2D eigenvalue weighted by atomic mass is 16.5. The minimum absolute atomic E-state index is 0.442. The molecule has 17 heavy (non-hydrogen) atoms. The standard InChI is InChI=1S/C14H16N2O/c1-11-7-14(13(8-15)9-16-11)17-10-12-5-3-2-4-6-12/h2-7,9H,8,10,15H2,1H3. The second-order valence-electron chi connectivity index (χ2n) is 3.91. The van der Waals surface area contributed by atoms with Crippen molar-refractivity contribution >= 4 is 0 Å². The number of aryl methyl sites for hydroxylation is 1. The van der Waals surface area contributed by atoms with Gasteiger partial charge in [0, 0.05) is 30.1 Å². The number of nitrogens with zero attached hydrogens (tertiary/aromatic N) is 1. The topological polar surface area (TPSA) is 48.1 Å². The van der Waals surface area contributed by atoms with E-state index < -0.39 is 0 Å². The molecular formula is C14H16N2O. The van der Waals surface area contributed by atoms with E-state index in [-0.39, 0.29) is 0 Å². The highest BCUT2D eigenvalue weighted by Gasteiger charge is 2.03. The molecule has 3 heteroatoms. The number of rotatable bonds is 4. The average Bonchev–Trinajstić information content (AvgIpc) is 2.38. The molecule has 2 N–H and O–H groups in total. The van der Waals surface area contributed by atoms with Crippen molar-refractivity contribution in [2.24, 2.45) is 5.73 Å². The van der Waals surface area contributed by atoms with Crippen LogP contribution < -0.4 is 10.5 Å². The van der Waals surface area contributed by atoms with Gasteiger partial charge in [-0.15, -0.1) is 0 Å². The van der Waals surface area contributed by atoms with Crippen molar-refractivity contribution < 1.29 is 4.74 Å². The lowest BCUT2D eigenvalue weighted by Crippen LogP contribution is -2.04. The molecule has 1 heterocycles. The largest absolute Gasteiger partial charge is 0.488 e. The number of hydrogen-bond acceptors (Lipinski definition) is 3. The van der Waals surface area contributed by atoms with Crippen LogP contribution in [0.15, 0.2) is 42.6 Å². The monoisotopic (exact) mass is 228 g/mol. The molecule has 0 bridgehead atoms. The van der Waals surface area contributed by atoms with Gasteiger partial charge in [0.25, 0.3) is 0 Å². The summed E-state index contributed by atoms with van der Waals surface area (Å²) in [4.78, 5) is 4.21. The van der Waals surface area contributed by atoms with E-state index in [9.17, 15) is 0 Å². The van der Waals surface area contributed by atoms with E-state index in [0.29, 0.717) is 13.2 Å². The minimum atomic E-state index is 0.442. The SMILES string of the molecule is Cc1cc(OCc2ccccc2)c(CN)cn1. The molecule has 0 aliphatic rings. The second-order valence-corrected chi connectivity index (χ2v) is 3.91. The van der Waals surface area contributed by atoms with Crippen LogP contribution in [0.4, 0.5) is 0 Å². The zero-order valence-electron chi connectivity index (χ0n) is 9.89. The van der Waals surface area contributed by atoms with Gasteiger partial charge in [-0.1, -0.05) is 30.3 Å². The molecule has 88 valence electrons. The third-order valence-corrected chi connectivity index (χ3v) is 2.54. The van der Waals surface area contributed by atoms with Crippen LogP contribution in [0.5, 0.6) is 5.75 Å². The van der Waals surface area contributed by atoms with Gasteiger partial charge in [0.2, 0.25) is 0 Å². The highest BCUT2D eigenvalue weighted by Crippen LogP contribution is 2.19. The van der Waals surface area contributed by atoms with Crippen molar-refractivity contribution in [1.82, 2.24) is 4.98 Å². The number of benzene rings is 1. The summed E-state index contributed by atoms with van der Waals surface area (Å²) in [6, 6.07) is 12.0. The maximum Gasteiger partial charge on any atom is 0.127 e. The summed E-state index contributed by atoms with van der Waals surface area (Å²) in [5.41, 5.74) is 8.67. The van der Waals surface area contributed by atoms with Gasteiger partial charge in [0.1, 0.15) is 12.4 Å². The lowest BCUT2D eigenvalue weighted by atomic mass is 10.2. The van der Waals surface area contributed by atoms with Gasteiger partial charge in [-0.3, -0.25) is 4.98 Å². The van der Waals surface area contributed by atoms with Crippen molar-refractivity contribution in [2.75, 3.05) is 0 Å². The highest BCUT2D eigenvalue weighted by molar-refractivity contribution is 5.33. The summed E-state index contributed by atoms with van der Waals surface area (Å²) < 4.78 is 5.77. The minimum Gasteiger partial charge on any atom is -0.488 e. The van der Waals surface area contributed by atoms with Crippen LogP contribution in [0.3, 0.4) is 0 Å². The Kier molecular flexibility index (Phi) is 3.73. The van der Waals surface area contributed by atoms with Crippen LogP contribution in [0.2, 0.25) is 0 Å². The zero-order valence-corrected chi connectivity index (χ0v) is 9.89. The van der Waals surface area contributed by atoms with Crippen molar-refractivity contribution in [3.05, 3.63) is 59.4 Å². The molecule has 0 spiro atoms. The van der Waals surface area contributed by atoms with Crippen molar-refractivity contribution in [1.29, 1.82) is 0 Å². The fourth-order valence-electron chi connectivity index (χ4n) is 1.59. The number of aromatic nitrogens is 1. The molecular weight excluding hydrogens is 212 g/mol. The van der Waals surface area contributed by atoms with Crippen LogP contribution in [0.1, 0.15) is 16.8 Å². The molecule has 0 unspecified atom stereocenters. The number of nitrogens with two attached hydrogens (primary N) is 1. The van der Waals surface area contributed by atoms with E-state index >= 15 is 0 Å². The maximum absolute atomic E-state index is 5.77. The Bertz CT molecular complexity index is 483. The molecule has 0 amide bonds. The Morgan fingerprint density at radius 3 is 2.71 bits per heavy atom. The molecule has 0 saturated carbocycles. The molecule has 1 aromatic heterocycles. The summed E-state index contributed by atoms with van der Waals surface area (Å²) in [5.74, 6) is 0.823. The zero-order chi connectivity index (χ0) is 12.1. The van der Waals surface area contributed by atoms with Crippen molar-refractivity contribution in [3.63, 3.8) is 0 Å². The molecule has 0 aliphatic heterocycles. The van der Waals surface area contributed by atoms with Crippen LogP contribution in [0, 0.1) is 6.92 Å². The number of pyridine rings is 1. The third kappa shape index (κ3) is 3.04. The number of hydrogen-bond donors (Lipinski definition) is 1. The molecule has 0 fully saturated rings. The molecule has 0 aliphatic carbocycles. The summed E-state index contributed by atoms with van der Waals surface area (Å²) >= 11 is 0. The lowest BCUT2D eigenvalue weighted by Gasteiger charge is -2.10. The Morgan fingerprint density at radius 2 is 2.00 bits per heavy atom. The summed E-state index contributed by atoms with van der Waals surface area (Å²) in [7, 11) is 0. The molecule has 1 aromatic carbocycles. The van der Waals surface area contributed by atoms with Crippen molar-refractivity contribution in [2.45, 2.75) is 20.1 Å². The lowest BCUT2D eigenvalue weighted by molar-refractivity contribution is 0.302. The normalized spacial score (nSPS) is 10.2. The van der Waals surface area contributed by atoms with Crippen LogP contribution in [-0.4, -0.2) is 4.98 Å². The van der Waals surface area contributed by atoms with Crippen molar-refractivity contribution in [3.8, 4) is 5.75 Å². The molecule has 0 atom stereocenters. The first-order valence-electron chi connectivity index (χ1n) is 5.62. The summed E-state index contributed by atoms with van der Waals surface area (Å²) in [6.45, 7) is 2.93. The van der Waals surface area contributed by atoms with Crippen LogP contribution in [0.25, 0.3) is 0 Å². The Morgan fingerprint density at radius 1 is 1.24 bits per heavy atom. The van der Waals surface area contributed by atoms with Gasteiger partial charge in [-0.25, -0.2) is 0 Å². The van der Waals surface area contributed by atoms with E-state index in [1.54, 1.807) is 6.20 Å². The molecule has 0 saturated heterocycles. The predicted molar refractivity (Wildman–Crippen MR) is 67.6 cm³/mol. The Hall–Kier alpha value is -1.87. The first-order valence-corrected chi connectivity index (χ1v) is 5.62. The van der Waals surface area contributed by atoms with Crippen LogP contribution in [-0.2, 0) is 13.2 Å². The fourth-order valence-corrected chi connectivity index (χ4v) is 1.59. The summed E-state index contributed by atoms with van der Waals surface area (Å²) in [6.07, 6.45) is 1.77. The first-order chi connectivity index (χ1) is 8.29. The molecule has 2 aromatic rings. The number of ether oxygens (including phenoxy) is 1. The Balaban J connectivity index is 2.11. The second kappa shape index (κ2) is 5.46. The smallest absolute Gasteiger partial charge is 0.127 e. The molecule has 0 radical (unpaired) electrons.